The molecule has 2 nitrogen and oxygen atoms in total. The smallest absolute Gasteiger partial charge is 0.221 e. The predicted molar refractivity (Wildman–Crippen MR) is 86.9 cm³/mol. The zero-order valence-corrected chi connectivity index (χ0v) is 12.8. The number of hydrogen-bond donors (Lipinski definition) is 0. The zero-order valence-electron chi connectivity index (χ0n) is 12.0. The molecule has 0 unspecified atom stereocenters. The lowest BCUT2D eigenvalue weighted by molar-refractivity contribution is 0.103. The van der Waals surface area contributed by atoms with Crippen LogP contribution in [0.5, 0.6) is 0 Å². The molecule has 0 N–H and O–H groups in total. The molecule has 0 aliphatic rings. The van der Waals surface area contributed by atoms with E-state index in [1.807, 2.05) is 41.8 Å². The molecule has 2 aromatic carbocycles. The van der Waals surface area contributed by atoms with E-state index in [1.54, 1.807) is 0 Å². The molecule has 0 spiro atoms. The summed E-state index contributed by atoms with van der Waals surface area (Å²) in [7, 11) is 0. The van der Waals surface area contributed by atoms with Crippen LogP contribution < -0.4 is 0 Å². The number of thiazole rings is 1. The van der Waals surface area contributed by atoms with E-state index in [0.717, 1.165) is 11.3 Å². The Labute approximate surface area is 128 Å². The Morgan fingerprint density at radius 2 is 1.76 bits per heavy atom. The fraction of sp³-hybridized carbons (Fsp3) is 0.111. The van der Waals surface area contributed by atoms with Crippen molar-refractivity contribution in [1.29, 1.82) is 0 Å². The molecule has 3 rings (SSSR count). The number of carbonyl (C=O) groups excluding carboxylic acids is 1. The minimum absolute atomic E-state index is 0.0179. The summed E-state index contributed by atoms with van der Waals surface area (Å²) in [6.07, 6.45) is 0. The molecule has 3 aromatic rings. The summed E-state index contributed by atoms with van der Waals surface area (Å²) >= 11 is 1.40. The maximum Gasteiger partial charge on any atom is 0.221 e. The maximum atomic E-state index is 12.4. The average molecular weight is 293 g/mol. The highest BCUT2D eigenvalue weighted by atomic mass is 32.1. The fourth-order valence-electron chi connectivity index (χ4n) is 2.12. The van der Waals surface area contributed by atoms with E-state index in [4.69, 9.17) is 0 Å². The Morgan fingerprint density at radius 1 is 1.00 bits per heavy atom. The number of benzene rings is 2. The number of aromatic nitrogens is 1. The monoisotopic (exact) mass is 293 g/mol. The molecule has 21 heavy (non-hydrogen) atoms. The maximum absolute atomic E-state index is 12.4. The summed E-state index contributed by atoms with van der Waals surface area (Å²) in [5.74, 6) is -0.0179. The summed E-state index contributed by atoms with van der Waals surface area (Å²) in [6, 6.07) is 15.5. The van der Waals surface area contributed by atoms with Crippen LogP contribution in [-0.2, 0) is 0 Å². The first-order valence-electron chi connectivity index (χ1n) is 6.78. The summed E-state index contributed by atoms with van der Waals surface area (Å²) < 4.78 is 0. The lowest BCUT2D eigenvalue weighted by Crippen LogP contribution is -2.00. The highest BCUT2D eigenvalue weighted by Crippen LogP contribution is 2.25. The topological polar surface area (TPSA) is 30.0 Å². The third kappa shape index (κ3) is 2.78. The summed E-state index contributed by atoms with van der Waals surface area (Å²) in [5.41, 5.74) is 5.09. The van der Waals surface area contributed by atoms with Crippen LogP contribution in [0.25, 0.3) is 11.3 Å². The van der Waals surface area contributed by atoms with Gasteiger partial charge in [-0.3, -0.25) is 4.79 Å². The molecular weight excluding hydrogens is 278 g/mol. The van der Waals surface area contributed by atoms with Crippen LogP contribution >= 0.6 is 11.3 Å². The highest BCUT2D eigenvalue weighted by molar-refractivity contribution is 7.12. The standard InChI is InChI=1S/C18H15NOS/c1-12-8-9-15(10-13(12)2)16-11-21-18(19-16)17(20)14-6-4-3-5-7-14/h3-11H,1-2H3. The van der Waals surface area contributed by atoms with E-state index < -0.39 is 0 Å². The van der Waals surface area contributed by atoms with Crippen molar-refractivity contribution in [2.75, 3.05) is 0 Å². The van der Waals surface area contributed by atoms with Gasteiger partial charge in [0.25, 0.3) is 0 Å². The van der Waals surface area contributed by atoms with Gasteiger partial charge in [0.15, 0.2) is 5.01 Å². The van der Waals surface area contributed by atoms with Crippen LogP contribution in [-0.4, -0.2) is 10.8 Å². The lowest BCUT2D eigenvalue weighted by Gasteiger charge is -2.02. The summed E-state index contributed by atoms with van der Waals surface area (Å²) in [4.78, 5) is 16.9. The normalized spacial score (nSPS) is 10.6. The SMILES string of the molecule is Cc1ccc(-c2csc(C(=O)c3ccccc3)n2)cc1C. The van der Waals surface area contributed by atoms with Crippen LogP contribution in [0.1, 0.15) is 26.5 Å². The van der Waals surface area contributed by atoms with Crippen LogP contribution in [0.4, 0.5) is 0 Å². The minimum Gasteiger partial charge on any atom is -0.286 e. The summed E-state index contributed by atoms with van der Waals surface area (Å²) in [6.45, 7) is 4.17. The van der Waals surface area contributed by atoms with Gasteiger partial charge in [0.2, 0.25) is 5.78 Å². The number of hydrogen-bond acceptors (Lipinski definition) is 3. The number of ketones is 1. The second kappa shape index (κ2) is 5.62. The Bertz CT molecular complexity index is 790. The van der Waals surface area contributed by atoms with E-state index in [-0.39, 0.29) is 5.78 Å². The van der Waals surface area contributed by atoms with Crippen molar-refractivity contribution in [3.05, 3.63) is 75.6 Å². The molecule has 0 bridgehead atoms. The van der Waals surface area contributed by atoms with E-state index >= 15 is 0 Å². The van der Waals surface area contributed by atoms with Gasteiger partial charge < -0.3 is 0 Å². The van der Waals surface area contributed by atoms with Gasteiger partial charge >= 0.3 is 0 Å². The average Bonchev–Trinajstić information content (AvgIpc) is 3.00. The van der Waals surface area contributed by atoms with E-state index in [1.165, 1.54) is 22.5 Å². The Kier molecular flexibility index (Phi) is 3.67. The van der Waals surface area contributed by atoms with E-state index in [9.17, 15) is 4.79 Å². The van der Waals surface area contributed by atoms with Crippen LogP contribution in [0.3, 0.4) is 0 Å². The molecule has 0 saturated carbocycles. The predicted octanol–water partition coefficient (Wildman–Crippen LogP) is 4.66. The van der Waals surface area contributed by atoms with Gasteiger partial charge in [0, 0.05) is 16.5 Å². The Hall–Kier alpha value is -2.26. The molecular formula is C18H15NOS. The van der Waals surface area contributed by atoms with Crippen LogP contribution in [0.2, 0.25) is 0 Å². The molecule has 0 amide bonds. The van der Waals surface area contributed by atoms with Crippen molar-refractivity contribution >= 4 is 17.1 Å². The second-order valence-electron chi connectivity index (χ2n) is 5.03. The van der Waals surface area contributed by atoms with Gasteiger partial charge in [-0.05, 0) is 31.0 Å². The van der Waals surface area contributed by atoms with E-state index in [0.29, 0.717) is 10.6 Å². The molecule has 0 fully saturated rings. The van der Waals surface area contributed by atoms with Crippen molar-refractivity contribution in [3.63, 3.8) is 0 Å². The molecule has 0 aliphatic heterocycles. The van der Waals surface area contributed by atoms with Crippen molar-refractivity contribution in [1.82, 2.24) is 4.98 Å². The zero-order chi connectivity index (χ0) is 14.8. The lowest BCUT2D eigenvalue weighted by atomic mass is 10.1. The van der Waals surface area contributed by atoms with Gasteiger partial charge in [-0.15, -0.1) is 11.3 Å². The first kappa shape index (κ1) is 13.7. The third-order valence-corrected chi connectivity index (χ3v) is 4.38. The van der Waals surface area contributed by atoms with Gasteiger partial charge in [0.05, 0.1) is 5.69 Å². The highest BCUT2D eigenvalue weighted by Gasteiger charge is 2.14. The largest absolute Gasteiger partial charge is 0.286 e. The second-order valence-corrected chi connectivity index (χ2v) is 5.89. The molecule has 0 radical (unpaired) electrons. The van der Waals surface area contributed by atoms with Gasteiger partial charge in [-0.2, -0.15) is 0 Å². The van der Waals surface area contributed by atoms with Crippen LogP contribution in [0.15, 0.2) is 53.9 Å². The molecule has 104 valence electrons. The van der Waals surface area contributed by atoms with Gasteiger partial charge in [-0.25, -0.2) is 4.98 Å². The summed E-state index contributed by atoms with van der Waals surface area (Å²) in [5, 5.41) is 2.48. The van der Waals surface area contributed by atoms with Crippen molar-refractivity contribution in [3.8, 4) is 11.3 Å². The molecule has 0 saturated heterocycles. The third-order valence-electron chi connectivity index (χ3n) is 3.54. The first-order valence-corrected chi connectivity index (χ1v) is 7.66. The number of rotatable bonds is 3. The van der Waals surface area contributed by atoms with Crippen LogP contribution in [0, 0.1) is 13.8 Å². The molecule has 0 aliphatic carbocycles. The van der Waals surface area contributed by atoms with Gasteiger partial charge in [0.1, 0.15) is 0 Å². The number of nitrogens with zero attached hydrogens (tertiary/aromatic N) is 1. The molecule has 1 heterocycles. The molecule has 1 aromatic heterocycles. The number of aryl methyl sites for hydroxylation is 2. The minimum atomic E-state index is -0.0179. The fourth-order valence-corrected chi connectivity index (χ4v) is 2.91. The Morgan fingerprint density at radius 3 is 2.48 bits per heavy atom. The quantitative estimate of drug-likeness (QED) is 0.657. The van der Waals surface area contributed by atoms with Gasteiger partial charge in [-0.1, -0.05) is 42.5 Å². The molecule has 3 heteroatoms. The first-order chi connectivity index (χ1) is 10.1. The Balaban J connectivity index is 1.93. The van der Waals surface area contributed by atoms with Crippen molar-refractivity contribution < 1.29 is 4.79 Å². The number of carbonyl (C=O) groups is 1. The van der Waals surface area contributed by atoms with Crippen molar-refractivity contribution in [2.24, 2.45) is 0 Å². The molecule has 0 atom stereocenters. The van der Waals surface area contributed by atoms with Crippen molar-refractivity contribution in [2.45, 2.75) is 13.8 Å². The van der Waals surface area contributed by atoms with E-state index in [2.05, 4.69) is 31.0 Å².